The molecule has 0 unspecified atom stereocenters. The lowest BCUT2D eigenvalue weighted by Crippen LogP contribution is -2.29. The first-order valence-corrected chi connectivity index (χ1v) is 5.52. The lowest BCUT2D eigenvalue weighted by atomic mass is 10.3. The molecule has 0 radical (unpaired) electrons. The first-order chi connectivity index (χ1) is 7.41. The van der Waals surface area contributed by atoms with Crippen molar-refractivity contribution in [3.8, 4) is 0 Å². The van der Waals surface area contributed by atoms with Gasteiger partial charge in [0.2, 0.25) is 0 Å². The number of aromatic nitrogens is 2. The summed E-state index contributed by atoms with van der Waals surface area (Å²) in [5.74, 6) is 0. The summed E-state index contributed by atoms with van der Waals surface area (Å²) in [6.45, 7) is 10.4. The van der Waals surface area contributed by atoms with Gasteiger partial charge in [-0.2, -0.15) is 5.10 Å². The van der Waals surface area contributed by atoms with Crippen LogP contribution in [-0.4, -0.2) is 21.4 Å². The summed E-state index contributed by atoms with van der Waals surface area (Å²) in [6, 6.07) is 0. The summed E-state index contributed by atoms with van der Waals surface area (Å²) in [5, 5.41) is 11.1. The van der Waals surface area contributed by atoms with E-state index in [2.05, 4.69) is 22.3 Å². The van der Waals surface area contributed by atoms with Gasteiger partial charge in [-0.05, 0) is 33.0 Å². The van der Waals surface area contributed by atoms with E-state index in [1.54, 1.807) is 0 Å². The van der Waals surface area contributed by atoms with Gasteiger partial charge in [-0.1, -0.05) is 12.2 Å². The second-order valence-corrected chi connectivity index (χ2v) is 4.34. The van der Waals surface area contributed by atoms with Crippen LogP contribution in [0.3, 0.4) is 0 Å². The molecule has 1 aromatic rings. The van der Waals surface area contributed by atoms with E-state index in [9.17, 15) is 0 Å². The van der Waals surface area contributed by atoms with Gasteiger partial charge >= 0.3 is 0 Å². The number of anilines is 1. The fourth-order valence-electron chi connectivity index (χ4n) is 1.34. The van der Waals surface area contributed by atoms with Crippen LogP contribution >= 0.6 is 12.2 Å². The van der Waals surface area contributed by atoms with Crippen molar-refractivity contribution >= 4 is 23.0 Å². The average Bonchev–Trinajstić information content (AvgIpc) is 2.42. The van der Waals surface area contributed by atoms with Crippen LogP contribution in [0.15, 0.2) is 12.2 Å². The van der Waals surface area contributed by atoms with Crippen molar-refractivity contribution < 1.29 is 0 Å². The minimum Gasteiger partial charge on any atom is -0.359 e. The van der Waals surface area contributed by atoms with Crippen molar-refractivity contribution in [2.45, 2.75) is 20.8 Å². The molecule has 1 aromatic heterocycles. The maximum absolute atomic E-state index is 5.18. The Hall–Kier alpha value is -1.36. The molecule has 4 nitrogen and oxygen atoms in total. The van der Waals surface area contributed by atoms with Crippen LogP contribution in [0.1, 0.15) is 18.3 Å². The van der Waals surface area contributed by atoms with Crippen LogP contribution in [0, 0.1) is 13.8 Å². The van der Waals surface area contributed by atoms with Crippen molar-refractivity contribution in [3.63, 3.8) is 0 Å². The van der Waals surface area contributed by atoms with E-state index in [0.717, 1.165) is 22.6 Å². The highest BCUT2D eigenvalue weighted by Crippen LogP contribution is 2.17. The Labute approximate surface area is 102 Å². The Morgan fingerprint density at radius 2 is 2.12 bits per heavy atom. The number of nitrogens with one attached hydrogen (secondary N) is 2. The van der Waals surface area contributed by atoms with Crippen molar-refractivity contribution in [3.05, 3.63) is 23.5 Å². The van der Waals surface area contributed by atoms with E-state index < -0.39 is 0 Å². The fourth-order valence-corrected chi connectivity index (χ4v) is 1.52. The highest BCUT2D eigenvalue weighted by Gasteiger charge is 2.09. The highest BCUT2D eigenvalue weighted by atomic mass is 32.1. The summed E-state index contributed by atoms with van der Waals surface area (Å²) in [4.78, 5) is 0. The van der Waals surface area contributed by atoms with E-state index in [4.69, 9.17) is 12.2 Å². The normalized spacial score (nSPS) is 10.0. The van der Waals surface area contributed by atoms with E-state index in [-0.39, 0.29) is 0 Å². The molecule has 0 aliphatic carbocycles. The van der Waals surface area contributed by atoms with E-state index in [1.165, 1.54) is 0 Å². The third-order valence-corrected chi connectivity index (χ3v) is 2.54. The topological polar surface area (TPSA) is 41.9 Å². The van der Waals surface area contributed by atoms with Gasteiger partial charge in [-0.25, -0.2) is 0 Å². The van der Waals surface area contributed by atoms with E-state index in [0.29, 0.717) is 11.7 Å². The van der Waals surface area contributed by atoms with E-state index >= 15 is 0 Å². The third-order valence-electron chi connectivity index (χ3n) is 2.30. The average molecular weight is 238 g/mol. The predicted octanol–water partition coefficient (Wildman–Crippen LogP) is 1.90. The largest absolute Gasteiger partial charge is 0.359 e. The van der Waals surface area contributed by atoms with E-state index in [1.807, 2.05) is 32.5 Å². The fraction of sp³-hybridized carbons (Fsp3) is 0.455. The molecule has 0 aromatic carbocycles. The molecule has 16 heavy (non-hydrogen) atoms. The van der Waals surface area contributed by atoms with Crippen molar-refractivity contribution in [2.75, 3.05) is 11.9 Å². The Balaban J connectivity index is 2.66. The zero-order valence-corrected chi connectivity index (χ0v) is 11.0. The molecule has 0 amide bonds. The van der Waals surface area contributed by atoms with Crippen molar-refractivity contribution in [1.29, 1.82) is 0 Å². The number of hydrogen-bond acceptors (Lipinski definition) is 2. The molecule has 0 bridgehead atoms. The minimum absolute atomic E-state index is 0.599. The zero-order chi connectivity index (χ0) is 12.3. The maximum Gasteiger partial charge on any atom is 0.171 e. The molecule has 1 rings (SSSR count). The molecular weight excluding hydrogens is 220 g/mol. The SMILES string of the molecule is C=C(C)CNC(=S)Nc1c(C)nn(C)c1C. The van der Waals surface area contributed by atoms with Gasteiger partial charge in [0.1, 0.15) is 0 Å². The molecule has 2 N–H and O–H groups in total. The van der Waals surface area contributed by atoms with Crippen LogP contribution in [0.2, 0.25) is 0 Å². The molecule has 0 aliphatic heterocycles. The number of thiocarbonyl (C=S) groups is 1. The van der Waals surface area contributed by atoms with Gasteiger partial charge in [0.15, 0.2) is 5.11 Å². The minimum atomic E-state index is 0.599. The Kier molecular flexibility index (Phi) is 4.06. The molecule has 0 aliphatic rings. The summed E-state index contributed by atoms with van der Waals surface area (Å²) < 4.78 is 1.83. The number of hydrogen-bond donors (Lipinski definition) is 2. The molecule has 0 saturated heterocycles. The van der Waals surface area contributed by atoms with Crippen molar-refractivity contribution in [1.82, 2.24) is 15.1 Å². The van der Waals surface area contributed by atoms with Gasteiger partial charge in [-0.3, -0.25) is 4.68 Å². The first kappa shape index (κ1) is 12.7. The molecule has 0 fully saturated rings. The molecule has 5 heteroatoms. The monoisotopic (exact) mass is 238 g/mol. The zero-order valence-electron chi connectivity index (χ0n) is 10.2. The molecule has 88 valence electrons. The van der Waals surface area contributed by atoms with Crippen LogP contribution in [0.4, 0.5) is 5.69 Å². The quantitative estimate of drug-likeness (QED) is 0.623. The van der Waals surface area contributed by atoms with Gasteiger partial charge in [0, 0.05) is 13.6 Å². The predicted molar refractivity (Wildman–Crippen MR) is 71.7 cm³/mol. The van der Waals surface area contributed by atoms with Gasteiger partial charge < -0.3 is 10.6 Å². The molecule has 0 spiro atoms. The summed E-state index contributed by atoms with van der Waals surface area (Å²) in [6.07, 6.45) is 0. The molecule has 0 atom stereocenters. The van der Waals surface area contributed by atoms with Crippen LogP contribution < -0.4 is 10.6 Å². The van der Waals surface area contributed by atoms with Crippen LogP contribution in [-0.2, 0) is 7.05 Å². The molecule has 1 heterocycles. The highest BCUT2D eigenvalue weighted by molar-refractivity contribution is 7.80. The molecular formula is C11H18N4S. The Morgan fingerprint density at radius 1 is 1.50 bits per heavy atom. The lowest BCUT2D eigenvalue weighted by Gasteiger charge is -2.10. The standard InChI is InChI=1S/C11H18N4S/c1-7(2)6-12-11(16)13-10-8(3)14-15(5)9(10)4/h1,6H2,2-5H3,(H2,12,13,16). The van der Waals surface area contributed by atoms with Crippen molar-refractivity contribution in [2.24, 2.45) is 7.05 Å². The third kappa shape index (κ3) is 3.06. The number of nitrogens with zero attached hydrogens (tertiary/aromatic N) is 2. The smallest absolute Gasteiger partial charge is 0.171 e. The second-order valence-electron chi connectivity index (χ2n) is 3.93. The van der Waals surface area contributed by atoms with Gasteiger partial charge in [-0.15, -0.1) is 0 Å². The first-order valence-electron chi connectivity index (χ1n) is 5.11. The van der Waals surface area contributed by atoms with Crippen LogP contribution in [0.25, 0.3) is 0 Å². The maximum atomic E-state index is 5.18. The Bertz CT molecular complexity index is 420. The summed E-state index contributed by atoms with van der Waals surface area (Å²) in [7, 11) is 1.91. The molecule has 0 saturated carbocycles. The lowest BCUT2D eigenvalue weighted by molar-refractivity contribution is 0.731. The summed E-state index contributed by atoms with van der Waals surface area (Å²) in [5.41, 5.74) is 4.03. The number of rotatable bonds is 3. The Morgan fingerprint density at radius 3 is 2.56 bits per heavy atom. The van der Waals surface area contributed by atoms with Gasteiger partial charge in [0.25, 0.3) is 0 Å². The number of aryl methyl sites for hydroxylation is 2. The second kappa shape index (κ2) is 5.12. The van der Waals surface area contributed by atoms with Gasteiger partial charge in [0.05, 0.1) is 17.1 Å². The summed E-state index contributed by atoms with van der Waals surface area (Å²) >= 11 is 5.18. The van der Waals surface area contributed by atoms with Crippen LogP contribution in [0.5, 0.6) is 0 Å².